The number of sulfone groups is 1. The molecular formula is C8H10FNO2S. The van der Waals surface area contributed by atoms with E-state index in [-0.39, 0.29) is 16.5 Å². The normalized spacial score (nSPS) is 11.6. The molecule has 0 unspecified atom stereocenters. The van der Waals surface area contributed by atoms with Crippen molar-refractivity contribution in [1.29, 1.82) is 0 Å². The minimum atomic E-state index is -3.32. The SMILES string of the molecule is CCS(=O)(=O)c1ccc(F)c(C)n1. The average molecular weight is 203 g/mol. The van der Waals surface area contributed by atoms with Gasteiger partial charge in [-0.25, -0.2) is 17.8 Å². The number of aryl methyl sites for hydroxylation is 1. The lowest BCUT2D eigenvalue weighted by Gasteiger charge is -2.01. The standard InChI is InChI=1S/C8H10FNO2S/c1-3-13(11,12)8-5-4-7(9)6(2)10-8/h4-5H,3H2,1-2H3. The third kappa shape index (κ3) is 2.03. The topological polar surface area (TPSA) is 47.0 Å². The van der Waals surface area contributed by atoms with Crippen molar-refractivity contribution in [2.45, 2.75) is 18.9 Å². The molecule has 0 aliphatic heterocycles. The number of pyridine rings is 1. The number of nitrogens with zero attached hydrogens (tertiary/aromatic N) is 1. The smallest absolute Gasteiger partial charge is 0.195 e. The lowest BCUT2D eigenvalue weighted by molar-refractivity contribution is 0.585. The highest BCUT2D eigenvalue weighted by atomic mass is 32.2. The monoisotopic (exact) mass is 203 g/mol. The summed E-state index contributed by atoms with van der Waals surface area (Å²) in [6, 6.07) is 2.30. The largest absolute Gasteiger partial charge is 0.239 e. The van der Waals surface area contributed by atoms with Crippen LogP contribution in [0.3, 0.4) is 0 Å². The lowest BCUT2D eigenvalue weighted by atomic mass is 10.4. The number of hydrogen-bond donors (Lipinski definition) is 0. The minimum absolute atomic E-state index is 0.0227. The summed E-state index contributed by atoms with van der Waals surface area (Å²) < 4.78 is 35.3. The van der Waals surface area contributed by atoms with Gasteiger partial charge in [0.2, 0.25) is 0 Å². The van der Waals surface area contributed by atoms with Crippen LogP contribution in [0.1, 0.15) is 12.6 Å². The summed E-state index contributed by atoms with van der Waals surface area (Å²) in [6.07, 6.45) is 0. The zero-order valence-electron chi connectivity index (χ0n) is 7.41. The van der Waals surface area contributed by atoms with Crippen LogP contribution in [0, 0.1) is 12.7 Å². The highest BCUT2D eigenvalue weighted by Crippen LogP contribution is 2.10. The molecule has 5 heteroatoms. The van der Waals surface area contributed by atoms with E-state index in [0.29, 0.717) is 0 Å². The van der Waals surface area contributed by atoms with Gasteiger partial charge in [-0.3, -0.25) is 0 Å². The Morgan fingerprint density at radius 3 is 2.54 bits per heavy atom. The van der Waals surface area contributed by atoms with Crippen molar-refractivity contribution < 1.29 is 12.8 Å². The Bertz CT molecular complexity index is 414. The first kappa shape index (κ1) is 10.1. The van der Waals surface area contributed by atoms with Crippen LogP contribution in [0.15, 0.2) is 17.2 Å². The number of aromatic nitrogens is 1. The highest BCUT2D eigenvalue weighted by Gasteiger charge is 2.14. The van der Waals surface area contributed by atoms with Gasteiger partial charge in [0.1, 0.15) is 5.82 Å². The molecule has 1 rings (SSSR count). The molecule has 0 aliphatic rings. The maximum atomic E-state index is 12.7. The maximum Gasteiger partial charge on any atom is 0.195 e. The van der Waals surface area contributed by atoms with Gasteiger partial charge in [0.15, 0.2) is 14.9 Å². The molecule has 72 valence electrons. The molecule has 0 aliphatic carbocycles. The number of halogens is 1. The van der Waals surface area contributed by atoms with Crippen molar-refractivity contribution >= 4 is 9.84 Å². The van der Waals surface area contributed by atoms with Crippen LogP contribution in [-0.4, -0.2) is 19.2 Å². The van der Waals surface area contributed by atoms with Crippen LogP contribution in [0.2, 0.25) is 0 Å². The van der Waals surface area contributed by atoms with Crippen LogP contribution >= 0.6 is 0 Å². The number of rotatable bonds is 2. The molecule has 0 N–H and O–H groups in total. The first-order valence-corrected chi connectivity index (χ1v) is 5.48. The predicted molar refractivity (Wildman–Crippen MR) is 46.7 cm³/mol. The summed E-state index contributed by atoms with van der Waals surface area (Å²) in [5.74, 6) is -0.513. The second-order valence-corrected chi connectivity index (χ2v) is 4.85. The average Bonchev–Trinajstić information content (AvgIpc) is 2.09. The third-order valence-corrected chi connectivity index (χ3v) is 3.32. The van der Waals surface area contributed by atoms with Gasteiger partial charge in [-0.15, -0.1) is 0 Å². The number of hydrogen-bond acceptors (Lipinski definition) is 3. The Balaban J connectivity index is 3.27. The molecule has 0 fully saturated rings. The minimum Gasteiger partial charge on any atom is -0.239 e. The summed E-state index contributed by atoms with van der Waals surface area (Å²) in [5, 5.41) is -0.0612. The molecule has 1 aromatic rings. The van der Waals surface area contributed by atoms with E-state index in [1.165, 1.54) is 19.9 Å². The first-order chi connectivity index (χ1) is 5.97. The molecule has 0 spiro atoms. The van der Waals surface area contributed by atoms with E-state index in [1.807, 2.05) is 0 Å². The van der Waals surface area contributed by atoms with Gasteiger partial charge in [0, 0.05) is 0 Å². The van der Waals surface area contributed by atoms with Gasteiger partial charge in [0.25, 0.3) is 0 Å². The molecule has 3 nitrogen and oxygen atoms in total. The molecule has 1 heterocycles. The fourth-order valence-corrected chi connectivity index (χ4v) is 1.69. The maximum absolute atomic E-state index is 12.7. The van der Waals surface area contributed by atoms with E-state index < -0.39 is 15.7 Å². The van der Waals surface area contributed by atoms with Gasteiger partial charge in [0.05, 0.1) is 11.4 Å². The highest BCUT2D eigenvalue weighted by molar-refractivity contribution is 7.91. The summed E-state index contributed by atoms with van der Waals surface area (Å²) in [4.78, 5) is 3.65. The van der Waals surface area contributed by atoms with Crippen molar-refractivity contribution in [3.63, 3.8) is 0 Å². The van der Waals surface area contributed by atoms with E-state index in [4.69, 9.17) is 0 Å². The van der Waals surface area contributed by atoms with E-state index >= 15 is 0 Å². The van der Waals surface area contributed by atoms with Gasteiger partial charge < -0.3 is 0 Å². The fraction of sp³-hybridized carbons (Fsp3) is 0.375. The molecule has 1 aromatic heterocycles. The van der Waals surface area contributed by atoms with Crippen molar-refractivity contribution in [2.75, 3.05) is 5.75 Å². The molecular weight excluding hydrogens is 193 g/mol. The molecule has 0 radical (unpaired) electrons. The van der Waals surface area contributed by atoms with Crippen molar-refractivity contribution in [3.8, 4) is 0 Å². The zero-order valence-corrected chi connectivity index (χ0v) is 8.23. The van der Waals surface area contributed by atoms with Crippen molar-refractivity contribution in [1.82, 2.24) is 4.98 Å². The van der Waals surface area contributed by atoms with Crippen LogP contribution < -0.4 is 0 Å². The Labute approximate surface area is 76.5 Å². The predicted octanol–water partition coefficient (Wildman–Crippen LogP) is 1.32. The van der Waals surface area contributed by atoms with E-state index in [0.717, 1.165) is 6.07 Å². The van der Waals surface area contributed by atoms with Crippen LogP contribution in [-0.2, 0) is 9.84 Å². The lowest BCUT2D eigenvalue weighted by Crippen LogP contribution is -2.07. The van der Waals surface area contributed by atoms with Gasteiger partial charge in [-0.1, -0.05) is 6.92 Å². The second kappa shape index (κ2) is 3.41. The van der Waals surface area contributed by atoms with Crippen molar-refractivity contribution in [2.24, 2.45) is 0 Å². The quantitative estimate of drug-likeness (QED) is 0.728. The van der Waals surface area contributed by atoms with Crippen LogP contribution in [0.25, 0.3) is 0 Å². The second-order valence-electron chi connectivity index (χ2n) is 2.62. The molecule has 0 saturated carbocycles. The summed E-state index contributed by atoms with van der Waals surface area (Å²) in [6.45, 7) is 2.96. The zero-order chi connectivity index (χ0) is 10.1. The molecule has 0 aromatic carbocycles. The Hall–Kier alpha value is -0.970. The van der Waals surface area contributed by atoms with Crippen LogP contribution in [0.5, 0.6) is 0 Å². The van der Waals surface area contributed by atoms with Gasteiger partial charge in [-0.2, -0.15) is 0 Å². The molecule has 0 saturated heterocycles. The Morgan fingerprint density at radius 2 is 2.08 bits per heavy atom. The Morgan fingerprint density at radius 1 is 1.46 bits per heavy atom. The molecule has 0 bridgehead atoms. The Kier molecular flexibility index (Phi) is 2.66. The summed E-state index contributed by atoms with van der Waals surface area (Å²) in [7, 11) is -3.32. The van der Waals surface area contributed by atoms with Crippen LogP contribution in [0.4, 0.5) is 4.39 Å². The molecule has 0 amide bonds. The van der Waals surface area contributed by atoms with Crippen molar-refractivity contribution in [3.05, 3.63) is 23.6 Å². The van der Waals surface area contributed by atoms with Gasteiger partial charge >= 0.3 is 0 Å². The molecule has 13 heavy (non-hydrogen) atoms. The third-order valence-electron chi connectivity index (χ3n) is 1.69. The summed E-state index contributed by atoms with van der Waals surface area (Å²) >= 11 is 0. The van der Waals surface area contributed by atoms with E-state index in [1.54, 1.807) is 0 Å². The van der Waals surface area contributed by atoms with E-state index in [9.17, 15) is 12.8 Å². The van der Waals surface area contributed by atoms with E-state index in [2.05, 4.69) is 4.98 Å². The van der Waals surface area contributed by atoms with Gasteiger partial charge in [-0.05, 0) is 19.1 Å². The first-order valence-electron chi connectivity index (χ1n) is 3.83. The molecule has 0 atom stereocenters. The summed E-state index contributed by atoms with van der Waals surface area (Å²) in [5.41, 5.74) is 0.106. The fourth-order valence-electron chi connectivity index (χ4n) is 0.842.